The zero-order valence-electron chi connectivity index (χ0n) is 11.2. The summed E-state index contributed by atoms with van der Waals surface area (Å²) >= 11 is 5.91. The van der Waals surface area contributed by atoms with E-state index in [1.807, 2.05) is 0 Å². The molecule has 1 N–H and O–H groups in total. The third-order valence-electron chi connectivity index (χ3n) is 3.82. The molecule has 0 heterocycles. The van der Waals surface area contributed by atoms with Crippen LogP contribution >= 0.6 is 11.6 Å². The quantitative estimate of drug-likeness (QED) is 0.848. The van der Waals surface area contributed by atoms with Crippen LogP contribution in [-0.2, 0) is 11.2 Å². The molecule has 1 amide bonds. The summed E-state index contributed by atoms with van der Waals surface area (Å²) in [5, 5.41) is 2.93. The van der Waals surface area contributed by atoms with Crippen molar-refractivity contribution in [2.75, 3.05) is 5.88 Å². The number of carbonyl (C=O) groups excluding carboxylic acids is 1. The van der Waals surface area contributed by atoms with Gasteiger partial charge in [0.25, 0.3) is 0 Å². The molecule has 5 heteroatoms. The highest BCUT2D eigenvalue weighted by molar-refractivity contribution is 6.18. The SMILES string of the molecule is O=C(Cc1ccc(F)cc1F)NC1CCCCC1CCl. The molecule has 1 saturated carbocycles. The van der Waals surface area contributed by atoms with E-state index in [1.54, 1.807) is 0 Å². The number of hydrogen-bond donors (Lipinski definition) is 1. The summed E-state index contributed by atoms with van der Waals surface area (Å²) in [5.41, 5.74) is 0.210. The maximum Gasteiger partial charge on any atom is 0.224 e. The Kier molecular flexibility index (Phi) is 5.35. The average molecular weight is 302 g/mol. The molecular weight excluding hydrogens is 284 g/mol. The molecule has 20 heavy (non-hydrogen) atoms. The van der Waals surface area contributed by atoms with Gasteiger partial charge >= 0.3 is 0 Å². The van der Waals surface area contributed by atoms with E-state index in [1.165, 1.54) is 6.07 Å². The third kappa shape index (κ3) is 3.92. The lowest BCUT2D eigenvalue weighted by Gasteiger charge is -2.30. The Bertz CT molecular complexity index is 481. The molecule has 1 aromatic carbocycles. The third-order valence-corrected chi connectivity index (χ3v) is 4.22. The van der Waals surface area contributed by atoms with Gasteiger partial charge in [-0.05, 0) is 30.4 Å². The Morgan fingerprint density at radius 2 is 2.05 bits per heavy atom. The Balaban J connectivity index is 1.94. The number of carbonyl (C=O) groups is 1. The molecule has 2 nitrogen and oxygen atoms in total. The van der Waals surface area contributed by atoms with Crippen molar-refractivity contribution in [3.05, 3.63) is 35.4 Å². The molecule has 1 aliphatic carbocycles. The topological polar surface area (TPSA) is 29.1 Å². The molecule has 0 saturated heterocycles. The first-order valence-corrected chi connectivity index (χ1v) is 7.43. The molecule has 0 aromatic heterocycles. The standard InChI is InChI=1S/C15H18ClF2NO/c16-9-11-3-1-2-4-14(11)19-15(20)7-10-5-6-12(17)8-13(10)18/h5-6,8,11,14H,1-4,7,9H2,(H,19,20). The summed E-state index contributed by atoms with van der Waals surface area (Å²) < 4.78 is 26.3. The number of rotatable bonds is 4. The Hall–Kier alpha value is -1.16. The minimum Gasteiger partial charge on any atom is -0.353 e. The van der Waals surface area contributed by atoms with Crippen molar-refractivity contribution in [2.24, 2.45) is 5.92 Å². The lowest BCUT2D eigenvalue weighted by Crippen LogP contribution is -2.43. The zero-order valence-corrected chi connectivity index (χ0v) is 11.9. The Labute approximate surface area is 122 Å². The van der Waals surface area contributed by atoms with E-state index in [0.29, 0.717) is 5.88 Å². The van der Waals surface area contributed by atoms with Crippen LogP contribution in [0.15, 0.2) is 18.2 Å². The molecule has 2 rings (SSSR count). The van der Waals surface area contributed by atoms with Crippen molar-refractivity contribution < 1.29 is 13.6 Å². The predicted molar refractivity (Wildman–Crippen MR) is 74.7 cm³/mol. The van der Waals surface area contributed by atoms with Crippen LogP contribution in [0.3, 0.4) is 0 Å². The summed E-state index contributed by atoms with van der Waals surface area (Å²) in [5.74, 6) is -0.751. The largest absolute Gasteiger partial charge is 0.353 e. The number of amides is 1. The van der Waals surface area contributed by atoms with Gasteiger partial charge in [0.15, 0.2) is 0 Å². The van der Waals surface area contributed by atoms with Crippen molar-refractivity contribution in [2.45, 2.75) is 38.1 Å². The van der Waals surface area contributed by atoms with E-state index in [0.717, 1.165) is 37.8 Å². The summed E-state index contributed by atoms with van der Waals surface area (Å²) in [6, 6.07) is 3.33. The van der Waals surface area contributed by atoms with Crippen molar-refractivity contribution in [3.63, 3.8) is 0 Å². The van der Waals surface area contributed by atoms with Crippen molar-refractivity contribution in [1.82, 2.24) is 5.32 Å². The highest BCUT2D eigenvalue weighted by Crippen LogP contribution is 2.25. The molecule has 0 bridgehead atoms. The Morgan fingerprint density at radius 1 is 1.30 bits per heavy atom. The van der Waals surface area contributed by atoms with Gasteiger partial charge in [-0.2, -0.15) is 0 Å². The van der Waals surface area contributed by atoms with Crippen LogP contribution in [0.2, 0.25) is 0 Å². The molecule has 0 spiro atoms. The number of halogens is 3. The van der Waals surface area contributed by atoms with E-state index in [9.17, 15) is 13.6 Å². The fourth-order valence-electron chi connectivity index (χ4n) is 2.68. The summed E-state index contributed by atoms with van der Waals surface area (Å²) in [6.07, 6.45) is 4.06. The van der Waals surface area contributed by atoms with Gasteiger partial charge in [0.05, 0.1) is 6.42 Å². The van der Waals surface area contributed by atoms with Crippen LogP contribution in [0.4, 0.5) is 8.78 Å². The van der Waals surface area contributed by atoms with E-state index in [-0.39, 0.29) is 29.9 Å². The van der Waals surface area contributed by atoms with E-state index < -0.39 is 11.6 Å². The summed E-state index contributed by atoms with van der Waals surface area (Å²) in [6.45, 7) is 0. The first-order valence-electron chi connectivity index (χ1n) is 6.89. The van der Waals surface area contributed by atoms with Gasteiger partial charge in [-0.1, -0.05) is 18.9 Å². The number of alkyl halides is 1. The number of nitrogens with one attached hydrogen (secondary N) is 1. The van der Waals surface area contributed by atoms with Gasteiger partial charge in [0, 0.05) is 18.0 Å². The molecule has 110 valence electrons. The van der Waals surface area contributed by atoms with Crippen LogP contribution in [0, 0.1) is 17.6 Å². The average Bonchev–Trinajstić information content (AvgIpc) is 2.42. The van der Waals surface area contributed by atoms with Crippen LogP contribution in [0.5, 0.6) is 0 Å². The lowest BCUT2D eigenvalue weighted by atomic mass is 9.85. The van der Waals surface area contributed by atoms with Gasteiger partial charge in [-0.15, -0.1) is 11.6 Å². The zero-order chi connectivity index (χ0) is 14.5. The van der Waals surface area contributed by atoms with Gasteiger partial charge in [0.2, 0.25) is 5.91 Å². The first-order chi connectivity index (χ1) is 9.60. The fraction of sp³-hybridized carbons (Fsp3) is 0.533. The second kappa shape index (κ2) is 7.02. The lowest BCUT2D eigenvalue weighted by molar-refractivity contribution is -0.121. The van der Waals surface area contributed by atoms with Crippen LogP contribution in [0.25, 0.3) is 0 Å². The highest BCUT2D eigenvalue weighted by Gasteiger charge is 2.25. The van der Waals surface area contributed by atoms with Gasteiger partial charge in [0.1, 0.15) is 11.6 Å². The molecule has 1 fully saturated rings. The smallest absolute Gasteiger partial charge is 0.224 e. The maximum atomic E-state index is 13.5. The first kappa shape index (κ1) is 15.2. The molecule has 0 aliphatic heterocycles. The fourth-order valence-corrected chi connectivity index (χ4v) is 3.05. The minimum absolute atomic E-state index is 0.0669. The normalized spacial score (nSPS) is 22.6. The van der Waals surface area contributed by atoms with Crippen LogP contribution in [0.1, 0.15) is 31.2 Å². The maximum absolute atomic E-state index is 13.5. The van der Waals surface area contributed by atoms with Crippen LogP contribution < -0.4 is 5.32 Å². The molecule has 1 aliphatic rings. The second-order valence-electron chi connectivity index (χ2n) is 5.29. The predicted octanol–water partition coefficient (Wildman–Crippen LogP) is 3.42. The summed E-state index contributed by atoms with van der Waals surface area (Å²) in [4.78, 5) is 12.0. The van der Waals surface area contributed by atoms with Crippen molar-refractivity contribution in [1.29, 1.82) is 0 Å². The van der Waals surface area contributed by atoms with Gasteiger partial charge < -0.3 is 5.32 Å². The number of hydrogen-bond acceptors (Lipinski definition) is 1. The summed E-state index contributed by atoms with van der Waals surface area (Å²) in [7, 11) is 0. The molecular formula is C15H18ClF2NO. The molecule has 2 atom stereocenters. The molecule has 2 unspecified atom stereocenters. The Morgan fingerprint density at radius 3 is 2.75 bits per heavy atom. The van der Waals surface area contributed by atoms with Crippen molar-refractivity contribution in [3.8, 4) is 0 Å². The van der Waals surface area contributed by atoms with E-state index in [2.05, 4.69) is 5.32 Å². The molecule has 0 radical (unpaired) electrons. The van der Waals surface area contributed by atoms with Crippen LogP contribution in [-0.4, -0.2) is 17.8 Å². The highest BCUT2D eigenvalue weighted by atomic mass is 35.5. The van der Waals surface area contributed by atoms with Crippen molar-refractivity contribution >= 4 is 17.5 Å². The second-order valence-corrected chi connectivity index (χ2v) is 5.59. The van der Waals surface area contributed by atoms with Gasteiger partial charge in [-0.25, -0.2) is 8.78 Å². The van der Waals surface area contributed by atoms with E-state index in [4.69, 9.17) is 11.6 Å². The van der Waals surface area contributed by atoms with E-state index >= 15 is 0 Å². The minimum atomic E-state index is -0.683. The number of benzene rings is 1. The monoisotopic (exact) mass is 301 g/mol. The van der Waals surface area contributed by atoms with Gasteiger partial charge in [-0.3, -0.25) is 4.79 Å². The molecule has 1 aromatic rings.